The van der Waals surface area contributed by atoms with Crippen LogP contribution in [0.2, 0.25) is 0 Å². The molecule has 4 aromatic rings. The topological polar surface area (TPSA) is 120 Å². The number of halogens is 3. The first-order chi connectivity index (χ1) is 20.5. The van der Waals surface area contributed by atoms with Crippen molar-refractivity contribution in [3.63, 3.8) is 0 Å². The lowest BCUT2D eigenvalue weighted by Gasteiger charge is -2.26. The number of rotatable bonds is 8. The number of hydrogen-bond donors (Lipinski definition) is 2. The highest BCUT2D eigenvalue weighted by Gasteiger charge is 2.35. The Morgan fingerprint density at radius 3 is 2.44 bits per heavy atom. The molecule has 0 bridgehead atoms. The van der Waals surface area contributed by atoms with E-state index in [4.69, 9.17) is 14.0 Å². The van der Waals surface area contributed by atoms with Gasteiger partial charge in [-0.1, -0.05) is 43.3 Å². The summed E-state index contributed by atoms with van der Waals surface area (Å²) in [5, 5.41) is 17.2. The van der Waals surface area contributed by atoms with Gasteiger partial charge in [0.2, 0.25) is 0 Å². The molecule has 0 atom stereocenters. The number of morpholine rings is 1. The lowest BCUT2D eigenvalue weighted by molar-refractivity contribution is -0.137. The summed E-state index contributed by atoms with van der Waals surface area (Å²) in [6.45, 7) is 9.55. The van der Waals surface area contributed by atoms with Crippen molar-refractivity contribution >= 4 is 17.5 Å². The summed E-state index contributed by atoms with van der Waals surface area (Å²) in [5.74, 6) is 1.03. The zero-order valence-corrected chi connectivity index (χ0v) is 23.9. The molecule has 0 radical (unpaired) electrons. The van der Waals surface area contributed by atoms with Crippen LogP contribution in [0.1, 0.15) is 32.1 Å². The Morgan fingerprint density at radius 1 is 1.02 bits per heavy atom. The van der Waals surface area contributed by atoms with Crippen LogP contribution in [-0.2, 0) is 16.3 Å². The molecule has 43 heavy (non-hydrogen) atoms. The van der Waals surface area contributed by atoms with E-state index in [1.54, 1.807) is 30.3 Å². The minimum absolute atomic E-state index is 0.120. The summed E-state index contributed by atoms with van der Waals surface area (Å²) < 4.78 is 59.3. The number of carbonyl (C=O) groups is 1. The fourth-order valence-electron chi connectivity index (χ4n) is 4.35. The number of nitrogens with zero attached hydrogens (tertiary/aromatic N) is 5. The van der Waals surface area contributed by atoms with Crippen molar-refractivity contribution in [2.45, 2.75) is 32.4 Å². The van der Waals surface area contributed by atoms with Gasteiger partial charge in [0, 0.05) is 42.4 Å². The third kappa shape index (κ3) is 7.70. The Labute approximate surface area is 245 Å². The second-order valence-electron chi connectivity index (χ2n) is 11.0. The minimum atomic E-state index is -4.64. The molecule has 1 aliphatic rings. The summed E-state index contributed by atoms with van der Waals surface area (Å²) in [5.41, 5.74) is 0.115. The van der Waals surface area contributed by atoms with Crippen molar-refractivity contribution in [1.82, 2.24) is 25.1 Å². The molecule has 228 valence electrons. The molecule has 1 saturated heterocycles. The normalized spacial score (nSPS) is 14.5. The maximum atomic E-state index is 14.0. The largest absolute Gasteiger partial charge is 0.492 e. The molecule has 0 aliphatic carbocycles. The van der Waals surface area contributed by atoms with E-state index in [0.29, 0.717) is 42.5 Å². The van der Waals surface area contributed by atoms with Crippen LogP contribution in [0.25, 0.3) is 16.9 Å². The maximum absolute atomic E-state index is 14.0. The number of nitrogens with one attached hydrogen (secondary N) is 2. The standard InChI is InChI=1S/C29H32F3N7O4/c1-28(2,3)25-17-26(36-43-25)34-27(40)33-20-6-4-19(5-7-20)23-18-39(37-35-23)24-9-8-21(16-22(24)29(30,31)32)42-15-12-38-10-13-41-14-11-38/h4-9,16-18H,10-15H2,1-3H3,(H2,33,34,36,40). The molecule has 3 heterocycles. The molecule has 2 amide bonds. The molecule has 1 aliphatic heterocycles. The number of carbonyl (C=O) groups excluding carboxylic acids is 1. The highest BCUT2D eigenvalue weighted by atomic mass is 19.4. The quantitative estimate of drug-likeness (QED) is 0.269. The van der Waals surface area contributed by atoms with Crippen molar-refractivity contribution in [2.75, 3.05) is 50.1 Å². The monoisotopic (exact) mass is 599 g/mol. The Bertz CT molecular complexity index is 1540. The number of ether oxygens (including phenoxy) is 2. The number of anilines is 2. The van der Waals surface area contributed by atoms with Crippen molar-refractivity contribution in [3.05, 3.63) is 66.1 Å². The number of alkyl halides is 3. The Balaban J connectivity index is 1.23. The molecule has 0 spiro atoms. The van der Waals surface area contributed by atoms with Crippen LogP contribution in [-0.4, -0.2) is 70.5 Å². The molecule has 0 unspecified atom stereocenters. The van der Waals surface area contributed by atoms with Crippen LogP contribution >= 0.6 is 0 Å². The fraction of sp³-hybridized carbons (Fsp3) is 0.379. The van der Waals surface area contributed by atoms with Crippen LogP contribution in [0.15, 0.2) is 59.3 Å². The highest BCUT2D eigenvalue weighted by Crippen LogP contribution is 2.36. The van der Waals surface area contributed by atoms with Crippen LogP contribution < -0.4 is 15.4 Å². The summed E-state index contributed by atoms with van der Waals surface area (Å²) in [4.78, 5) is 14.5. The van der Waals surface area contributed by atoms with E-state index in [2.05, 4.69) is 31.0 Å². The molecule has 1 fully saturated rings. The van der Waals surface area contributed by atoms with Gasteiger partial charge in [0.25, 0.3) is 0 Å². The molecule has 5 rings (SSSR count). The van der Waals surface area contributed by atoms with Crippen molar-refractivity contribution < 1.29 is 32.0 Å². The third-order valence-corrected chi connectivity index (χ3v) is 6.72. The lowest BCUT2D eigenvalue weighted by atomic mass is 9.93. The van der Waals surface area contributed by atoms with Gasteiger partial charge in [-0.2, -0.15) is 13.2 Å². The summed E-state index contributed by atoms with van der Waals surface area (Å²) in [6, 6.07) is 11.6. The van der Waals surface area contributed by atoms with Gasteiger partial charge in [-0.3, -0.25) is 10.2 Å². The van der Waals surface area contributed by atoms with Crippen LogP contribution in [0.4, 0.5) is 29.5 Å². The van der Waals surface area contributed by atoms with E-state index in [-0.39, 0.29) is 29.3 Å². The molecular weight excluding hydrogens is 567 g/mol. The first-order valence-electron chi connectivity index (χ1n) is 13.7. The van der Waals surface area contributed by atoms with E-state index < -0.39 is 17.8 Å². The fourth-order valence-corrected chi connectivity index (χ4v) is 4.35. The highest BCUT2D eigenvalue weighted by molar-refractivity contribution is 5.99. The average Bonchev–Trinajstić information content (AvgIpc) is 3.64. The van der Waals surface area contributed by atoms with Gasteiger partial charge in [0.15, 0.2) is 5.82 Å². The van der Waals surface area contributed by atoms with Crippen molar-refractivity contribution in [3.8, 4) is 22.7 Å². The number of hydrogen-bond acceptors (Lipinski definition) is 8. The lowest BCUT2D eigenvalue weighted by Crippen LogP contribution is -2.38. The summed E-state index contributed by atoms with van der Waals surface area (Å²) >= 11 is 0. The minimum Gasteiger partial charge on any atom is -0.492 e. The van der Waals surface area contributed by atoms with Gasteiger partial charge in [0.05, 0.1) is 30.7 Å². The van der Waals surface area contributed by atoms with E-state index in [1.165, 1.54) is 18.3 Å². The predicted octanol–water partition coefficient (Wildman–Crippen LogP) is 5.59. The number of benzene rings is 2. The zero-order chi connectivity index (χ0) is 30.6. The second-order valence-corrected chi connectivity index (χ2v) is 11.0. The van der Waals surface area contributed by atoms with Gasteiger partial charge in [-0.15, -0.1) is 5.10 Å². The SMILES string of the molecule is CC(C)(C)c1cc(NC(=O)Nc2ccc(-c3cn(-c4ccc(OCCN5CCOCC5)cc4C(F)(F)F)nn3)cc2)no1. The van der Waals surface area contributed by atoms with Crippen molar-refractivity contribution in [2.24, 2.45) is 0 Å². The summed E-state index contributed by atoms with van der Waals surface area (Å²) in [6.07, 6.45) is -3.23. The van der Waals surface area contributed by atoms with E-state index in [9.17, 15) is 18.0 Å². The van der Waals surface area contributed by atoms with Gasteiger partial charge >= 0.3 is 12.2 Å². The average molecular weight is 600 g/mol. The molecule has 14 heteroatoms. The smallest absolute Gasteiger partial charge is 0.418 e. The van der Waals surface area contributed by atoms with Gasteiger partial charge in [-0.05, 0) is 30.3 Å². The first kappa shape index (κ1) is 30.0. The second kappa shape index (κ2) is 12.4. The maximum Gasteiger partial charge on any atom is 0.418 e. The summed E-state index contributed by atoms with van der Waals surface area (Å²) in [7, 11) is 0. The predicted molar refractivity (Wildman–Crippen MR) is 152 cm³/mol. The first-order valence-corrected chi connectivity index (χ1v) is 13.7. The Morgan fingerprint density at radius 2 is 1.77 bits per heavy atom. The molecule has 11 nitrogen and oxygen atoms in total. The van der Waals surface area contributed by atoms with Gasteiger partial charge < -0.3 is 19.3 Å². The van der Waals surface area contributed by atoms with E-state index in [0.717, 1.165) is 23.8 Å². The number of amides is 2. The number of aromatic nitrogens is 4. The zero-order valence-electron chi connectivity index (χ0n) is 23.9. The van der Waals surface area contributed by atoms with E-state index >= 15 is 0 Å². The van der Waals surface area contributed by atoms with Crippen LogP contribution in [0.5, 0.6) is 5.75 Å². The molecular formula is C29H32F3N7O4. The van der Waals surface area contributed by atoms with Crippen molar-refractivity contribution in [1.29, 1.82) is 0 Å². The van der Waals surface area contributed by atoms with Crippen LogP contribution in [0.3, 0.4) is 0 Å². The number of urea groups is 1. The Hall–Kier alpha value is -4.43. The third-order valence-electron chi connectivity index (χ3n) is 6.72. The molecule has 2 N–H and O–H groups in total. The van der Waals surface area contributed by atoms with Gasteiger partial charge in [0.1, 0.15) is 23.8 Å². The molecule has 2 aromatic carbocycles. The molecule has 0 saturated carbocycles. The molecule has 2 aromatic heterocycles. The van der Waals surface area contributed by atoms with Crippen LogP contribution in [0, 0.1) is 0 Å². The Kier molecular flexibility index (Phi) is 8.69. The van der Waals surface area contributed by atoms with E-state index in [1.807, 2.05) is 20.8 Å². The van der Waals surface area contributed by atoms with Gasteiger partial charge in [-0.25, -0.2) is 9.48 Å².